The lowest BCUT2D eigenvalue weighted by Crippen LogP contribution is -2.45. The molecule has 104 valence electrons. The summed E-state index contributed by atoms with van der Waals surface area (Å²) in [6.07, 6.45) is 0.697. The number of rotatable bonds is 5. The molecule has 0 aliphatic carbocycles. The van der Waals surface area contributed by atoms with Crippen LogP contribution in [-0.4, -0.2) is 23.0 Å². The fourth-order valence-corrected chi connectivity index (χ4v) is 2.16. The first-order valence-corrected chi connectivity index (χ1v) is 7.24. The van der Waals surface area contributed by atoms with E-state index in [1.165, 1.54) is 0 Å². The average Bonchev–Trinajstić information content (AvgIpc) is 2.37. The van der Waals surface area contributed by atoms with Crippen LogP contribution in [0.15, 0.2) is 18.2 Å². The highest BCUT2D eigenvalue weighted by Crippen LogP contribution is 2.14. The van der Waals surface area contributed by atoms with Crippen LogP contribution in [0.5, 0.6) is 0 Å². The first kappa shape index (κ1) is 15.9. The quantitative estimate of drug-likeness (QED) is 0.778. The number of benzene rings is 1. The average molecular weight is 375 g/mol. The van der Waals surface area contributed by atoms with Crippen LogP contribution in [0.25, 0.3) is 0 Å². The Hall–Kier alpha value is -1.11. The smallest absolute Gasteiger partial charge is 0.326 e. The van der Waals surface area contributed by atoms with Crippen LogP contribution in [0.2, 0.25) is 0 Å². The third-order valence-electron chi connectivity index (χ3n) is 3.20. The van der Waals surface area contributed by atoms with Gasteiger partial charge in [0.05, 0.1) is 0 Å². The minimum absolute atomic E-state index is 0.106. The Morgan fingerprint density at radius 3 is 2.53 bits per heavy atom. The van der Waals surface area contributed by atoms with E-state index >= 15 is 0 Å². The zero-order valence-corrected chi connectivity index (χ0v) is 13.4. The zero-order chi connectivity index (χ0) is 14.6. The van der Waals surface area contributed by atoms with Crippen LogP contribution in [0, 0.1) is 16.4 Å². The number of carbonyl (C=O) groups is 2. The maximum Gasteiger partial charge on any atom is 0.326 e. The van der Waals surface area contributed by atoms with E-state index in [1.54, 1.807) is 12.1 Å². The van der Waals surface area contributed by atoms with Gasteiger partial charge in [-0.2, -0.15) is 0 Å². The van der Waals surface area contributed by atoms with Crippen LogP contribution in [0.3, 0.4) is 0 Å². The Morgan fingerprint density at radius 2 is 2.05 bits per heavy atom. The van der Waals surface area contributed by atoms with Crippen molar-refractivity contribution in [2.24, 2.45) is 5.92 Å². The first-order valence-electron chi connectivity index (χ1n) is 6.16. The van der Waals surface area contributed by atoms with Gasteiger partial charge in [0.25, 0.3) is 5.91 Å². The molecule has 2 atom stereocenters. The van der Waals surface area contributed by atoms with Gasteiger partial charge in [0.2, 0.25) is 0 Å². The van der Waals surface area contributed by atoms with Gasteiger partial charge in [-0.15, -0.1) is 0 Å². The Labute approximate surface area is 126 Å². The summed E-state index contributed by atoms with van der Waals surface area (Å²) in [4.78, 5) is 23.2. The van der Waals surface area contributed by atoms with Gasteiger partial charge >= 0.3 is 5.97 Å². The van der Waals surface area contributed by atoms with Crippen LogP contribution in [0.4, 0.5) is 0 Å². The van der Waals surface area contributed by atoms with Gasteiger partial charge in [0, 0.05) is 9.13 Å². The molecule has 0 heterocycles. The van der Waals surface area contributed by atoms with E-state index in [-0.39, 0.29) is 11.8 Å². The lowest BCUT2D eigenvalue weighted by Gasteiger charge is -2.20. The lowest BCUT2D eigenvalue weighted by atomic mass is 9.99. The van der Waals surface area contributed by atoms with Crippen LogP contribution >= 0.6 is 22.6 Å². The Bertz CT molecular complexity index is 488. The topological polar surface area (TPSA) is 66.4 Å². The third kappa shape index (κ3) is 4.19. The summed E-state index contributed by atoms with van der Waals surface area (Å²) < 4.78 is 0.987. The monoisotopic (exact) mass is 375 g/mol. The van der Waals surface area contributed by atoms with E-state index in [2.05, 4.69) is 27.9 Å². The second-order valence-electron chi connectivity index (χ2n) is 4.64. The van der Waals surface area contributed by atoms with Crippen LogP contribution in [-0.2, 0) is 4.79 Å². The Morgan fingerprint density at radius 1 is 1.42 bits per heavy atom. The molecule has 19 heavy (non-hydrogen) atoms. The molecule has 5 heteroatoms. The molecule has 0 saturated heterocycles. The minimum atomic E-state index is -0.996. The fraction of sp³-hybridized carbons (Fsp3) is 0.429. The van der Waals surface area contributed by atoms with Crippen molar-refractivity contribution in [1.82, 2.24) is 5.32 Å². The van der Waals surface area contributed by atoms with Gasteiger partial charge in [-0.25, -0.2) is 4.79 Å². The maximum absolute atomic E-state index is 12.1. The molecule has 1 aromatic rings. The van der Waals surface area contributed by atoms with Gasteiger partial charge in [0.15, 0.2) is 0 Å². The molecule has 0 bridgehead atoms. The van der Waals surface area contributed by atoms with Crippen molar-refractivity contribution >= 4 is 34.5 Å². The van der Waals surface area contributed by atoms with Crippen LogP contribution in [0.1, 0.15) is 36.2 Å². The molecule has 1 rings (SSSR count). The molecule has 0 radical (unpaired) electrons. The van der Waals surface area contributed by atoms with E-state index in [0.717, 1.165) is 9.13 Å². The number of hydrogen-bond donors (Lipinski definition) is 2. The van der Waals surface area contributed by atoms with Crippen molar-refractivity contribution in [2.75, 3.05) is 0 Å². The SMILES string of the molecule is CC[C@H](C)[C@H](NC(=O)c1ccc(C)c(I)c1)C(=O)O. The molecule has 0 saturated carbocycles. The second-order valence-corrected chi connectivity index (χ2v) is 5.80. The lowest BCUT2D eigenvalue weighted by molar-refractivity contribution is -0.140. The normalized spacial score (nSPS) is 13.7. The minimum Gasteiger partial charge on any atom is -0.480 e. The van der Waals surface area contributed by atoms with Crippen molar-refractivity contribution in [3.8, 4) is 0 Å². The van der Waals surface area contributed by atoms with Gasteiger partial charge in [-0.3, -0.25) is 4.79 Å². The molecule has 0 unspecified atom stereocenters. The third-order valence-corrected chi connectivity index (χ3v) is 4.36. The largest absolute Gasteiger partial charge is 0.480 e. The van der Waals surface area contributed by atoms with E-state index in [9.17, 15) is 9.59 Å². The van der Waals surface area contributed by atoms with Crippen molar-refractivity contribution in [3.05, 3.63) is 32.9 Å². The highest BCUT2D eigenvalue weighted by molar-refractivity contribution is 14.1. The summed E-state index contributed by atoms with van der Waals surface area (Å²) in [5, 5.41) is 11.7. The summed E-state index contributed by atoms with van der Waals surface area (Å²) in [5.74, 6) is -1.44. The van der Waals surface area contributed by atoms with Gasteiger partial charge in [-0.1, -0.05) is 26.3 Å². The number of carboxylic acids is 1. The second kappa shape index (κ2) is 6.88. The fourth-order valence-electron chi connectivity index (χ4n) is 1.64. The van der Waals surface area contributed by atoms with Crippen molar-refractivity contribution in [3.63, 3.8) is 0 Å². The first-order chi connectivity index (χ1) is 8.86. The standard InChI is InChI=1S/C14H18INO3/c1-4-8(2)12(14(18)19)16-13(17)10-6-5-9(3)11(15)7-10/h5-8,12H,4H2,1-3H3,(H,16,17)(H,18,19)/t8-,12-/m0/s1. The molecule has 4 nitrogen and oxygen atoms in total. The molecule has 0 aromatic heterocycles. The highest BCUT2D eigenvalue weighted by Gasteiger charge is 2.25. The van der Waals surface area contributed by atoms with E-state index in [1.807, 2.05) is 26.8 Å². The van der Waals surface area contributed by atoms with E-state index in [0.29, 0.717) is 12.0 Å². The number of amides is 1. The Balaban J connectivity index is 2.87. The van der Waals surface area contributed by atoms with E-state index in [4.69, 9.17) is 5.11 Å². The number of aliphatic carboxylic acids is 1. The number of hydrogen-bond acceptors (Lipinski definition) is 2. The number of aryl methyl sites for hydroxylation is 1. The summed E-state index contributed by atoms with van der Waals surface area (Å²) in [7, 11) is 0. The Kier molecular flexibility index (Phi) is 5.78. The van der Waals surface area contributed by atoms with Gasteiger partial charge in [0.1, 0.15) is 6.04 Å². The van der Waals surface area contributed by atoms with Crippen molar-refractivity contribution < 1.29 is 14.7 Å². The molecule has 0 aliphatic rings. The summed E-state index contributed by atoms with van der Waals surface area (Å²) in [6.45, 7) is 5.68. The predicted octanol–water partition coefficient (Wildman–Crippen LogP) is 2.83. The molecule has 0 fully saturated rings. The van der Waals surface area contributed by atoms with Crippen LogP contribution < -0.4 is 5.32 Å². The molecular weight excluding hydrogens is 357 g/mol. The molecule has 0 spiro atoms. The zero-order valence-electron chi connectivity index (χ0n) is 11.2. The molecule has 1 amide bonds. The molecule has 2 N–H and O–H groups in total. The summed E-state index contributed by atoms with van der Waals surface area (Å²) in [5.41, 5.74) is 1.58. The number of carbonyl (C=O) groups excluding carboxylic acids is 1. The van der Waals surface area contributed by atoms with Gasteiger partial charge < -0.3 is 10.4 Å². The van der Waals surface area contributed by atoms with Gasteiger partial charge in [-0.05, 0) is 53.1 Å². The van der Waals surface area contributed by atoms with E-state index < -0.39 is 12.0 Å². The predicted molar refractivity (Wildman–Crippen MR) is 82.2 cm³/mol. The van der Waals surface area contributed by atoms with Crippen molar-refractivity contribution in [2.45, 2.75) is 33.2 Å². The summed E-state index contributed by atoms with van der Waals surface area (Å²) in [6, 6.07) is 4.48. The number of halogens is 1. The summed E-state index contributed by atoms with van der Waals surface area (Å²) >= 11 is 2.15. The number of carboxylic acid groups (broad SMARTS) is 1. The van der Waals surface area contributed by atoms with Crippen molar-refractivity contribution in [1.29, 1.82) is 0 Å². The molecule has 1 aromatic carbocycles. The highest BCUT2D eigenvalue weighted by atomic mass is 127. The maximum atomic E-state index is 12.1. The number of nitrogens with one attached hydrogen (secondary N) is 1. The molecular formula is C14H18INO3. The molecule has 0 aliphatic heterocycles.